The first kappa shape index (κ1) is 10.0. The van der Waals surface area contributed by atoms with Crippen LogP contribution in [0.1, 0.15) is 0 Å². The van der Waals surface area contributed by atoms with Crippen LogP contribution in [-0.2, 0) is 0 Å². The molecule has 2 N–H and O–H groups in total. The second-order valence-electron chi connectivity index (χ2n) is 2.53. The Morgan fingerprint density at radius 3 is 3.00 bits per heavy atom. The highest BCUT2D eigenvalue weighted by atomic mass is 35.5. The molecule has 0 aliphatic rings. The van der Waals surface area contributed by atoms with Gasteiger partial charge in [-0.15, -0.1) is 0 Å². The molecule has 1 aromatic heterocycles. The standard InChI is InChI=1S/C7H10ClN3O2/c1-11(2-3-12)7-9-4-5(8)6(13)10-7/h4,12H,2-3H2,1H3,(H,9,10,13). The van der Waals surface area contributed by atoms with E-state index in [9.17, 15) is 4.79 Å². The number of aliphatic hydroxyl groups is 1. The van der Waals surface area contributed by atoms with Crippen LogP contribution in [0.3, 0.4) is 0 Å². The molecule has 0 fully saturated rings. The van der Waals surface area contributed by atoms with Gasteiger partial charge in [0.1, 0.15) is 5.02 Å². The smallest absolute Gasteiger partial charge is 0.271 e. The van der Waals surface area contributed by atoms with E-state index in [1.165, 1.54) is 6.20 Å². The van der Waals surface area contributed by atoms with Gasteiger partial charge in [0.2, 0.25) is 5.95 Å². The number of halogens is 1. The molecule has 0 aliphatic heterocycles. The summed E-state index contributed by atoms with van der Waals surface area (Å²) in [6, 6.07) is 0. The van der Waals surface area contributed by atoms with Gasteiger partial charge in [0.15, 0.2) is 0 Å². The van der Waals surface area contributed by atoms with Crippen LogP contribution in [0, 0.1) is 0 Å². The van der Waals surface area contributed by atoms with Crippen molar-refractivity contribution in [3.8, 4) is 0 Å². The van der Waals surface area contributed by atoms with Gasteiger partial charge in [0, 0.05) is 13.6 Å². The number of likely N-dealkylation sites (N-methyl/N-ethyl adjacent to an activating group) is 1. The van der Waals surface area contributed by atoms with E-state index in [4.69, 9.17) is 16.7 Å². The fourth-order valence-corrected chi connectivity index (χ4v) is 0.916. The third-order valence-electron chi connectivity index (χ3n) is 1.54. The lowest BCUT2D eigenvalue weighted by molar-refractivity contribution is 0.303. The minimum absolute atomic E-state index is 0.00281. The van der Waals surface area contributed by atoms with Crippen molar-refractivity contribution in [3.05, 3.63) is 21.6 Å². The zero-order valence-electron chi connectivity index (χ0n) is 7.12. The van der Waals surface area contributed by atoms with Gasteiger partial charge in [-0.25, -0.2) is 4.98 Å². The molecular weight excluding hydrogens is 194 g/mol. The molecule has 0 unspecified atom stereocenters. The first-order chi connectivity index (χ1) is 6.15. The van der Waals surface area contributed by atoms with Gasteiger partial charge in [-0.05, 0) is 0 Å². The predicted octanol–water partition coefficient (Wildman–Crippen LogP) is -0.148. The number of rotatable bonds is 3. The molecule has 0 atom stereocenters. The molecule has 0 radical (unpaired) electrons. The van der Waals surface area contributed by atoms with Crippen molar-refractivity contribution in [1.82, 2.24) is 9.97 Å². The van der Waals surface area contributed by atoms with Gasteiger partial charge in [-0.2, -0.15) is 0 Å². The van der Waals surface area contributed by atoms with Crippen LogP contribution in [0.5, 0.6) is 0 Å². The highest BCUT2D eigenvalue weighted by Crippen LogP contribution is 2.03. The second-order valence-corrected chi connectivity index (χ2v) is 2.94. The highest BCUT2D eigenvalue weighted by Gasteiger charge is 2.03. The summed E-state index contributed by atoms with van der Waals surface area (Å²) in [5, 5.41) is 8.69. The Hall–Kier alpha value is -1.07. The van der Waals surface area contributed by atoms with Crippen molar-refractivity contribution in [1.29, 1.82) is 0 Å². The normalized spacial score (nSPS) is 10.1. The van der Waals surface area contributed by atoms with Crippen LogP contribution in [0.25, 0.3) is 0 Å². The molecule has 5 nitrogen and oxygen atoms in total. The van der Waals surface area contributed by atoms with Crippen LogP contribution in [-0.4, -0.2) is 35.3 Å². The van der Waals surface area contributed by atoms with Crippen molar-refractivity contribution in [2.24, 2.45) is 0 Å². The Labute approximate surface area is 80.0 Å². The zero-order valence-corrected chi connectivity index (χ0v) is 7.88. The molecule has 0 saturated carbocycles. The van der Waals surface area contributed by atoms with Crippen molar-refractivity contribution in [3.63, 3.8) is 0 Å². The van der Waals surface area contributed by atoms with Gasteiger partial charge < -0.3 is 10.0 Å². The summed E-state index contributed by atoms with van der Waals surface area (Å²) in [6.45, 7) is 0.410. The highest BCUT2D eigenvalue weighted by molar-refractivity contribution is 6.30. The van der Waals surface area contributed by atoms with E-state index < -0.39 is 0 Å². The molecule has 6 heteroatoms. The average Bonchev–Trinajstić information content (AvgIpc) is 2.10. The SMILES string of the molecule is CN(CCO)c1ncc(Cl)c(=O)[nH]1. The van der Waals surface area contributed by atoms with E-state index in [0.717, 1.165) is 0 Å². The summed E-state index contributed by atoms with van der Waals surface area (Å²) in [5.74, 6) is 0.392. The molecule has 0 saturated heterocycles. The van der Waals surface area contributed by atoms with E-state index in [1.54, 1.807) is 11.9 Å². The maximum absolute atomic E-state index is 11.0. The largest absolute Gasteiger partial charge is 0.395 e. The Morgan fingerprint density at radius 1 is 1.77 bits per heavy atom. The molecule has 0 aromatic carbocycles. The first-order valence-electron chi connectivity index (χ1n) is 3.72. The Balaban J connectivity index is 2.90. The number of H-pyrrole nitrogens is 1. The summed E-state index contributed by atoms with van der Waals surface area (Å²) < 4.78 is 0. The average molecular weight is 204 g/mol. The maximum atomic E-state index is 11.0. The van der Waals surface area contributed by atoms with Crippen molar-refractivity contribution < 1.29 is 5.11 Å². The van der Waals surface area contributed by atoms with Crippen molar-refractivity contribution in [2.45, 2.75) is 0 Å². The minimum atomic E-state index is -0.378. The molecule has 1 heterocycles. The third kappa shape index (κ3) is 2.43. The van der Waals surface area contributed by atoms with Crippen LogP contribution in [0.15, 0.2) is 11.0 Å². The fraction of sp³-hybridized carbons (Fsp3) is 0.429. The lowest BCUT2D eigenvalue weighted by Crippen LogP contribution is -2.25. The minimum Gasteiger partial charge on any atom is -0.395 e. The van der Waals surface area contributed by atoms with Gasteiger partial charge in [0.05, 0.1) is 12.8 Å². The van der Waals surface area contributed by atoms with Crippen LogP contribution in [0.2, 0.25) is 5.02 Å². The molecule has 13 heavy (non-hydrogen) atoms. The van der Waals surface area contributed by atoms with Crippen LogP contribution >= 0.6 is 11.6 Å². The lowest BCUT2D eigenvalue weighted by atomic mass is 10.6. The number of hydrogen-bond donors (Lipinski definition) is 2. The summed E-state index contributed by atoms with van der Waals surface area (Å²) in [7, 11) is 1.71. The fourth-order valence-electron chi connectivity index (χ4n) is 0.820. The topological polar surface area (TPSA) is 69.2 Å². The number of nitrogens with one attached hydrogen (secondary N) is 1. The van der Waals surface area contributed by atoms with Gasteiger partial charge in [0.25, 0.3) is 5.56 Å². The molecule has 0 bridgehead atoms. The monoisotopic (exact) mass is 203 g/mol. The number of anilines is 1. The molecule has 72 valence electrons. The number of nitrogens with zero attached hydrogens (tertiary/aromatic N) is 2. The molecular formula is C7H10ClN3O2. The Morgan fingerprint density at radius 2 is 2.46 bits per heavy atom. The molecule has 0 spiro atoms. The van der Waals surface area contributed by atoms with Gasteiger partial charge in [-0.1, -0.05) is 11.6 Å². The summed E-state index contributed by atoms with van der Waals surface area (Å²) in [5.41, 5.74) is -0.378. The number of hydrogen-bond acceptors (Lipinski definition) is 4. The van der Waals surface area contributed by atoms with E-state index in [-0.39, 0.29) is 17.2 Å². The first-order valence-corrected chi connectivity index (χ1v) is 4.09. The van der Waals surface area contributed by atoms with Crippen molar-refractivity contribution >= 4 is 17.5 Å². The lowest BCUT2D eigenvalue weighted by Gasteiger charge is -2.15. The second kappa shape index (κ2) is 4.25. The van der Waals surface area contributed by atoms with Crippen LogP contribution < -0.4 is 10.5 Å². The van der Waals surface area contributed by atoms with Gasteiger partial charge >= 0.3 is 0 Å². The summed E-state index contributed by atoms with van der Waals surface area (Å²) >= 11 is 5.49. The van der Waals surface area contributed by atoms with Gasteiger partial charge in [-0.3, -0.25) is 9.78 Å². The zero-order chi connectivity index (χ0) is 9.84. The maximum Gasteiger partial charge on any atom is 0.271 e. The molecule has 0 amide bonds. The van der Waals surface area contributed by atoms with E-state index in [1.807, 2.05) is 0 Å². The predicted molar refractivity (Wildman–Crippen MR) is 50.2 cm³/mol. The molecule has 1 aromatic rings. The Kier molecular flexibility index (Phi) is 3.27. The molecule has 1 rings (SSSR count). The summed E-state index contributed by atoms with van der Waals surface area (Å²) in [4.78, 5) is 19.0. The number of aromatic amines is 1. The third-order valence-corrected chi connectivity index (χ3v) is 1.81. The van der Waals surface area contributed by atoms with E-state index in [0.29, 0.717) is 12.5 Å². The number of aliphatic hydroxyl groups excluding tert-OH is 1. The van der Waals surface area contributed by atoms with E-state index >= 15 is 0 Å². The van der Waals surface area contributed by atoms with Crippen LogP contribution in [0.4, 0.5) is 5.95 Å². The van der Waals surface area contributed by atoms with Crippen molar-refractivity contribution in [2.75, 3.05) is 25.1 Å². The number of aromatic nitrogens is 2. The summed E-state index contributed by atoms with van der Waals surface area (Å²) in [6.07, 6.45) is 1.28. The molecule has 0 aliphatic carbocycles. The Bertz CT molecular complexity index is 339. The quantitative estimate of drug-likeness (QED) is 0.717. The van der Waals surface area contributed by atoms with E-state index in [2.05, 4.69) is 9.97 Å².